The van der Waals surface area contributed by atoms with Gasteiger partial charge in [0.05, 0.1) is 18.1 Å². The van der Waals surface area contributed by atoms with Crippen molar-refractivity contribution in [3.05, 3.63) is 53.5 Å². The van der Waals surface area contributed by atoms with Crippen LogP contribution < -0.4 is 5.32 Å². The van der Waals surface area contributed by atoms with Crippen molar-refractivity contribution in [3.8, 4) is 17.6 Å². The zero-order chi connectivity index (χ0) is 22.2. The van der Waals surface area contributed by atoms with E-state index < -0.39 is 0 Å². The second-order valence-electron chi connectivity index (χ2n) is 8.79. The van der Waals surface area contributed by atoms with Crippen LogP contribution in [0.3, 0.4) is 0 Å². The third-order valence-corrected chi connectivity index (χ3v) is 6.17. The summed E-state index contributed by atoms with van der Waals surface area (Å²) in [4.78, 5) is 15.0. The number of nitriles is 1. The lowest BCUT2D eigenvalue weighted by molar-refractivity contribution is 0.0620. The van der Waals surface area contributed by atoms with E-state index in [-0.39, 0.29) is 23.7 Å². The third kappa shape index (κ3) is 3.78. The van der Waals surface area contributed by atoms with E-state index in [1.165, 1.54) is 23.1 Å². The van der Waals surface area contributed by atoms with Gasteiger partial charge in [0, 0.05) is 18.6 Å². The van der Waals surface area contributed by atoms with Crippen LogP contribution >= 0.6 is 0 Å². The van der Waals surface area contributed by atoms with Gasteiger partial charge in [-0.05, 0) is 63.3 Å². The zero-order valence-corrected chi connectivity index (χ0v) is 18.3. The Labute approximate surface area is 186 Å². The van der Waals surface area contributed by atoms with Crippen LogP contribution in [0.4, 0.5) is 0 Å². The van der Waals surface area contributed by atoms with E-state index in [9.17, 15) is 10.1 Å². The van der Waals surface area contributed by atoms with Gasteiger partial charge in [-0.2, -0.15) is 9.94 Å². The minimum absolute atomic E-state index is 0.0463. The topological polar surface area (TPSA) is 105 Å². The van der Waals surface area contributed by atoms with E-state index in [4.69, 9.17) is 0 Å². The highest BCUT2D eigenvalue weighted by Crippen LogP contribution is 2.40. The molecule has 5 rings (SSSR count). The first-order chi connectivity index (χ1) is 15.5. The monoisotopic (exact) mass is 430 g/mol. The smallest absolute Gasteiger partial charge is 0.276 e. The molecule has 0 unspecified atom stereocenters. The molecule has 2 fully saturated rings. The molecule has 1 aliphatic heterocycles. The molecule has 32 heavy (non-hydrogen) atoms. The molecule has 1 aliphatic carbocycles. The number of benzene rings is 1. The molecule has 1 atom stereocenters. The molecule has 2 aliphatic rings. The van der Waals surface area contributed by atoms with E-state index in [0.29, 0.717) is 17.3 Å². The highest BCUT2D eigenvalue weighted by atomic mass is 16.2. The number of carbonyl (C=O) groups excluding carboxylic acids is 1. The minimum Gasteiger partial charge on any atom is -0.330 e. The number of carbonyl (C=O) groups is 1. The highest BCUT2D eigenvalue weighted by molar-refractivity contribution is 5.92. The molecule has 2 aromatic heterocycles. The van der Waals surface area contributed by atoms with Crippen LogP contribution in [0.2, 0.25) is 0 Å². The second-order valence-corrected chi connectivity index (χ2v) is 8.79. The molecule has 1 saturated carbocycles. The van der Waals surface area contributed by atoms with Crippen molar-refractivity contribution < 1.29 is 4.79 Å². The number of aromatic nitrogens is 5. The average molecular weight is 431 g/mol. The van der Waals surface area contributed by atoms with Gasteiger partial charge in [-0.1, -0.05) is 17.3 Å². The summed E-state index contributed by atoms with van der Waals surface area (Å²) in [7, 11) is 0. The quantitative estimate of drug-likeness (QED) is 0.644. The Hall–Kier alpha value is -3.51. The minimum atomic E-state index is -0.159. The van der Waals surface area contributed by atoms with Crippen molar-refractivity contribution in [3.63, 3.8) is 0 Å². The number of nitrogens with zero attached hydrogens (tertiary/aromatic N) is 7. The predicted molar refractivity (Wildman–Crippen MR) is 118 cm³/mol. The van der Waals surface area contributed by atoms with E-state index >= 15 is 0 Å². The maximum Gasteiger partial charge on any atom is 0.276 e. The van der Waals surface area contributed by atoms with Crippen LogP contribution in [-0.2, 0) is 0 Å². The van der Waals surface area contributed by atoms with Crippen molar-refractivity contribution in [2.75, 3.05) is 13.1 Å². The van der Waals surface area contributed by atoms with E-state index in [1.807, 2.05) is 30.9 Å². The van der Waals surface area contributed by atoms with Crippen LogP contribution in [0.5, 0.6) is 0 Å². The van der Waals surface area contributed by atoms with Crippen molar-refractivity contribution in [1.29, 1.82) is 5.26 Å². The van der Waals surface area contributed by atoms with E-state index in [2.05, 4.69) is 38.9 Å². The van der Waals surface area contributed by atoms with Gasteiger partial charge in [0.2, 0.25) is 0 Å². The van der Waals surface area contributed by atoms with Crippen molar-refractivity contribution in [2.45, 2.75) is 51.1 Å². The van der Waals surface area contributed by atoms with Crippen molar-refractivity contribution >= 4 is 5.91 Å². The van der Waals surface area contributed by atoms with Crippen LogP contribution in [0.1, 0.15) is 60.6 Å². The maximum atomic E-state index is 13.2. The molecule has 3 heterocycles. The Morgan fingerprint density at radius 3 is 2.59 bits per heavy atom. The first-order valence-electron chi connectivity index (χ1n) is 11.1. The summed E-state index contributed by atoms with van der Waals surface area (Å²) in [5.74, 6) is 0.876. The Morgan fingerprint density at radius 1 is 1.19 bits per heavy atom. The van der Waals surface area contributed by atoms with Gasteiger partial charge in [-0.3, -0.25) is 4.79 Å². The zero-order valence-electron chi connectivity index (χ0n) is 18.3. The number of amides is 1. The maximum absolute atomic E-state index is 13.2. The summed E-state index contributed by atoms with van der Waals surface area (Å²) in [5, 5.41) is 25.7. The van der Waals surface area contributed by atoms with Crippen molar-refractivity contribution in [2.24, 2.45) is 0 Å². The molecule has 9 heteroatoms. The molecule has 0 spiro atoms. The molecule has 0 radical (unpaired) electrons. The lowest BCUT2D eigenvalue weighted by atomic mass is 10.1. The van der Waals surface area contributed by atoms with Gasteiger partial charge >= 0.3 is 0 Å². The largest absolute Gasteiger partial charge is 0.330 e. The summed E-state index contributed by atoms with van der Waals surface area (Å²) >= 11 is 0. The van der Waals surface area contributed by atoms with Crippen LogP contribution in [0, 0.1) is 11.3 Å². The molecule has 1 N–H and O–H groups in total. The fraction of sp³-hybridized carbons (Fsp3) is 0.435. The standard InChI is InChI=1S/C23H26N8O/c1-15(2)31(20-9-10-25-12-20)23(32)21-14-30(28-26-21)22-18(11-24)13-29(27-22)19-7-5-17(6-8-19)16-3-4-16/h5-8,13-16,20,25H,3-4,9-10,12H2,1-2H3/t20-/m0/s1. The van der Waals surface area contributed by atoms with Gasteiger partial charge in [-0.25, -0.2) is 4.68 Å². The number of hydrogen-bond acceptors (Lipinski definition) is 6. The lowest BCUT2D eigenvalue weighted by Crippen LogP contribution is -2.46. The molecule has 9 nitrogen and oxygen atoms in total. The lowest BCUT2D eigenvalue weighted by Gasteiger charge is -2.31. The summed E-state index contributed by atoms with van der Waals surface area (Å²) in [6.45, 7) is 5.69. The fourth-order valence-electron chi connectivity index (χ4n) is 4.36. The average Bonchev–Trinajstić information content (AvgIpc) is 3.19. The number of nitrogens with one attached hydrogen (secondary N) is 1. The van der Waals surface area contributed by atoms with Gasteiger partial charge in [0.15, 0.2) is 11.5 Å². The molecular weight excluding hydrogens is 404 g/mol. The summed E-state index contributed by atoms with van der Waals surface area (Å²) in [5.41, 5.74) is 2.82. The summed E-state index contributed by atoms with van der Waals surface area (Å²) in [6.07, 6.45) is 6.66. The SMILES string of the molecule is CC(C)N(C(=O)c1cn(-c2nn(-c3ccc(C4CC4)cc3)cc2C#N)nn1)[C@H]1CCNC1. The Bertz CT molecular complexity index is 1160. The molecular formula is C23H26N8O. The van der Waals surface area contributed by atoms with Crippen LogP contribution in [-0.4, -0.2) is 60.8 Å². The fourth-order valence-corrected chi connectivity index (χ4v) is 4.36. The molecule has 1 saturated heterocycles. The highest BCUT2D eigenvalue weighted by Gasteiger charge is 2.31. The van der Waals surface area contributed by atoms with E-state index in [0.717, 1.165) is 25.2 Å². The van der Waals surface area contributed by atoms with E-state index in [1.54, 1.807) is 17.1 Å². The van der Waals surface area contributed by atoms with Gasteiger partial charge in [0.25, 0.3) is 5.91 Å². The number of rotatable bonds is 6. The molecule has 1 aromatic carbocycles. The van der Waals surface area contributed by atoms with Crippen molar-refractivity contribution in [1.82, 2.24) is 35.0 Å². The van der Waals surface area contributed by atoms with Crippen LogP contribution in [0.25, 0.3) is 11.5 Å². The first-order valence-corrected chi connectivity index (χ1v) is 11.1. The summed E-state index contributed by atoms with van der Waals surface area (Å²) < 4.78 is 3.07. The second kappa shape index (κ2) is 8.20. The predicted octanol–water partition coefficient (Wildman–Crippen LogP) is 2.41. The number of hydrogen-bond donors (Lipinski definition) is 1. The molecule has 164 valence electrons. The first kappa shape index (κ1) is 20.4. The van der Waals surface area contributed by atoms with Gasteiger partial charge in [-0.15, -0.1) is 10.2 Å². The molecule has 0 bridgehead atoms. The normalized spacial score (nSPS) is 18.1. The Morgan fingerprint density at radius 2 is 1.97 bits per heavy atom. The van der Waals surface area contributed by atoms with Gasteiger partial charge < -0.3 is 10.2 Å². The molecule has 3 aromatic rings. The Balaban J connectivity index is 1.42. The molecule has 1 amide bonds. The van der Waals surface area contributed by atoms with Crippen LogP contribution in [0.15, 0.2) is 36.7 Å². The third-order valence-electron chi connectivity index (χ3n) is 6.17. The van der Waals surface area contributed by atoms with Gasteiger partial charge in [0.1, 0.15) is 11.6 Å². The Kier molecular flexibility index (Phi) is 5.23. The summed E-state index contributed by atoms with van der Waals surface area (Å²) in [6, 6.07) is 10.6.